The van der Waals surface area contributed by atoms with E-state index < -0.39 is 27.6 Å². The second-order valence-electron chi connectivity index (χ2n) is 7.02. The van der Waals surface area contributed by atoms with Crippen LogP contribution in [0.5, 0.6) is 0 Å². The molecule has 0 spiro atoms. The molecule has 2 heterocycles. The van der Waals surface area contributed by atoms with Gasteiger partial charge in [0.05, 0.1) is 35.6 Å². The quantitative estimate of drug-likeness (QED) is 0.671. The molecule has 2 N–H and O–H groups in total. The molecule has 2 aromatic rings. The van der Waals surface area contributed by atoms with Crippen molar-refractivity contribution in [2.45, 2.75) is 39.7 Å². The van der Waals surface area contributed by atoms with Crippen LogP contribution in [0.2, 0.25) is 0 Å². The van der Waals surface area contributed by atoms with Crippen LogP contribution in [0.25, 0.3) is 10.4 Å². The Balaban J connectivity index is 1.93. The number of nitrogens with zero attached hydrogens (tertiary/aromatic N) is 3. The Kier molecular flexibility index (Phi) is 6.44. The number of anilines is 1. The molecule has 0 saturated carbocycles. The minimum Gasteiger partial charge on any atom is -0.460 e. The van der Waals surface area contributed by atoms with Gasteiger partial charge in [-0.25, -0.2) is 18.2 Å². The van der Waals surface area contributed by atoms with Gasteiger partial charge in [-0.2, -0.15) is 9.19 Å². The molecular weight excluding hydrogens is 406 g/mol. The van der Waals surface area contributed by atoms with E-state index in [1.165, 1.54) is 23.7 Å². The van der Waals surface area contributed by atoms with Gasteiger partial charge >= 0.3 is 12.0 Å². The van der Waals surface area contributed by atoms with E-state index in [1.54, 1.807) is 27.7 Å². The second kappa shape index (κ2) is 8.27. The molecule has 0 radical (unpaired) electrons. The SMILES string of the molecule is Cc1nc(NC(=O)NCCC(=O)OC(C)(C)C)sc1-c1cnn(S(C)(=O)=O)c1. The van der Waals surface area contributed by atoms with Crippen molar-refractivity contribution in [3.05, 3.63) is 18.1 Å². The monoisotopic (exact) mass is 429 g/mol. The molecule has 0 aliphatic rings. The zero-order chi connectivity index (χ0) is 21.1. The number of hydrogen-bond acceptors (Lipinski definition) is 8. The van der Waals surface area contributed by atoms with Gasteiger partial charge < -0.3 is 10.1 Å². The lowest BCUT2D eigenvalue weighted by Crippen LogP contribution is -2.32. The third kappa shape index (κ3) is 6.30. The summed E-state index contributed by atoms with van der Waals surface area (Å²) in [6, 6.07) is -0.504. The third-order valence-corrected chi connectivity index (χ3v) is 5.22. The molecule has 10 nitrogen and oxygen atoms in total. The molecule has 0 fully saturated rings. The Labute approximate surface area is 167 Å². The van der Waals surface area contributed by atoms with Crippen molar-refractivity contribution in [2.24, 2.45) is 0 Å². The van der Waals surface area contributed by atoms with Gasteiger partial charge in [0.1, 0.15) is 5.60 Å². The Morgan fingerprint density at radius 1 is 1.32 bits per heavy atom. The first-order valence-corrected chi connectivity index (χ1v) is 11.0. The average Bonchev–Trinajstić information content (AvgIpc) is 3.11. The van der Waals surface area contributed by atoms with E-state index in [0.29, 0.717) is 21.3 Å². The van der Waals surface area contributed by atoms with Gasteiger partial charge in [0, 0.05) is 12.1 Å². The molecular formula is C16H23N5O5S2. The van der Waals surface area contributed by atoms with E-state index in [2.05, 4.69) is 20.7 Å². The topological polar surface area (TPSA) is 132 Å². The van der Waals surface area contributed by atoms with Crippen molar-refractivity contribution >= 4 is 38.5 Å². The number of ether oxygens (including phenoxy) is 1. The van der Waals surface area contributed by atoms with Crippen LogP contribution in [0.1, 0.15) is 32.9 Å². The molecule has 0 aliphatic heterocycles. The van der Waals surface area contributed by atoms with Gasteiger partial charge in [0.15, 0.2) is 5.13 Å². The Morgan fingerprint density at radius 2 is 2.00 bits per heavy atom. The van der Waals surface area contributed by atoms with Crippen LogP contribution in [0, 0.1) is 6.92 Å². The summed E-state index contributed by atoms with van der Waals surface area (Å²) < 4.78 is 29.1. The van der Waals surface area contributed by atoms with Crippen LogP contribution >= 0.6 is 11.3 Å². The van der Waals surface area contributed by atoms with E-state index in [1.807, 2.05) is 0 Å². The van der Waals surface area contributed by atoms with Crippen LogP contribution in [0.3, 0.4) is 0 Å². The molecule has 0 bridgehead atoms. The van der Waals surface area contributed by atoms with E-state index in [-0.39, 0.29) is 13.0 Å². The molecule has 0 aromatic carbocycles. The third-order valence-electron chi connectivity index (χ3n) is 3.21. The number of aromatic nitrogens is 3. The van der Waals surface area contributed by atoms with Crippen LogP contribution in [-0.4, -0.2) is 53.0 Å². The van der Waals surface area contributed by atoms with Gasteiger partial charge in [-0.15, -0.1) is 0 Å². The van der Waals surface area contributed by atoms with Crippen LogP contribution in [-0.2, 0) is 19.6 Å². The standard InChI is InChI=1S/C16H23N5O5S2/c1-10-13(11-8-18-21(9-11)28(5,24)25)27-15(19-10)20-14(23)17-7-6-12(22)26-16(2,3)4/h8-9H,6-7H2,1-5H3,(H2,17,19,20,23). The summed E-state index contributed by atoms with van der Waals surface area (Å²) in [6.07, 6.45) is 3.92. The highest BCUT2D eigenvalue weighted by Crippen LogP contribution is 2.32. The molecule has 0 unspecified atom stereocenters. The number of amides is 2. The highest BCUT2D eigenvalue weighted by Gasteiger charge is 2.17. The molecule has 2 aromatic heterocycles. The lowest BCUT2D eigenvalue weighted by atomic mass is 10.2. The minimum atomic E-state index is -3.47. The number of carbonyl (C=O) groups is 2. The fourth-order valence-corrected chi connectivity index (χ4v) is 3.59. The van der Waals surface area contributed by atoms with Gasteiger partial charge in [0.25, 0.3) is 10.0 Å². The zero-order valence-corrected chi connectivity index (χ0v) is 17.9. The van der Waals surface area contributed by atoms with Crippen LogP contribution in [0.15, 0.2) is 12.4 Å². The Morgan fingerprint density at radius 3 is 2.57 bits per heavy atom. The van der Waals surface area contributed by atoms with Crippen LogP contribution < -0.4 is 10.6 Å². The Hall–Kier alpha value is -2.47. The summed E-state index contributed by atoms with van der Waals surface area (Å²) in [5.41, 5.74) is 0.639. The molecule has 28 heavy (non-hydrogen) atoms. The van der Waals surface area contributed by atoms with Crippen molar-refractivity contribution < 1.29 is 22.7 Å². The first kappa shape index (κ1) is 21.8. The first-order chi connectivity index (χ1) is 12.8. The van der Waals surface area contributed by atoms with Crippen molar-refractivity contribution in [2.75, 3.05) is 18.1 Å². The molecule has 2 rings (SSSR count). The van der Waals surface area contributed by atoms with Crippen molar-refractivity contribution in [3.8, 4) is 10.4 Å². The fourth-order valence-electron chi connectivity index (χ4n) is 2.13. The summed E-state index contributed by atoms with van der Waals surface area (Å²) in [5.74, 6) is -0.400. The number of hydrogen-bond donors (Lipinski definition) is 2. The zero-order valence-electron chi connectivity index (χ0n) is 16.3. The smallest absolute Gasteiger partial charge is 0.321 e. The molecule has 154 valence electrons. The van der Waals surface area contributed by atoms with Gasteiger partial charge in [-0.1, -0.05) is 11.3 Å². The number of esters is 1. The van der Waals surface area contributed by atoms with E-state index >= 15 is 0 Å². The second-order valence-corrected chi connectivity index (χ2v) is 9.85. The maximum Gasteiger partial charge on any atom is 0.321 e. The Bertz CT molecular complexity index is 972. The van der Waals surface area contributed by atoms with Gasteiger partial charge in [-0.3, -0.25) is 10.1 Å². The fraction of sp³-hybridized carbons (Fsp3) is 0.500. The number of urea groups is 1. The summed E-state index contributed by atoms with van der Waals surface area (Å²) in [6.45, 7) is 7.18. The number of rotatable bonds is 6. The van der Waals surface area contributed by atoms with Crippen molar-refractivity contribution in [1.29, 1.82) is 0 Å². The summed E-state index contributed by atoms with van der Waals surface area (Å²) in [5, 5.41) is 9.32. The van der Waals surface area contributed by atoms with E-state index in [0.717, 1.165) is 10.3 Å². The lowest BCUT2D eigenvalue weighted by Gasteiger charge is -2.19. The summed E-state index contributed by atoms with van der Waals surface area (Å²) in [7, 11) is -3.47. The summed E-state index contributed by atoms with van der Waals surface area (Å²) in [4.78, 5) is 28.5. The molecule has 0 saturated heterocycles. The number of aryl methyl sites for hydroxylation is 1. The van der Waals surface area contributed by atoms with E-state index in [4.69, 9.17) is 4.74 Å². The molecule has 12 heteroatoms. The predicted octanol–water partition coefficient (Wildman–Crippen LogP) is 1.98. The highest BCUT2D eigenvalue weighted by atomic mass is 32.2. The molecule has 2 amide bonds. The van der Waals surface area contributed by atoms with E-state index in [9.17, 15) is 18.0 Å². The number of thiazole rings is 1. The van der Waals surface area contributed by atoms with Gasteiger partial charge in [-0.05, 0) is 27.7 Å². The lowest BCUT2D eigenvalue weighted by molar-refractivity contribution is -0.154. The highest BCUT2D eigenvalue weighted by molar-refractivity contribution is 7.89. The number of carbonyl (C=O) groups excluding carboxylic acids is 2. The van der Waals surface area contributed by atoms with Crippen molar-refractivity contribution in [3.63, 3.8) is 0 Å². The maximum atomic E-state index is 12.0. The van der Waals surface area contributed by atoms with Crippen LogP contribution in [0.4, 0.5) is 9.93 Å². The number of nitrogens with one attached hydrogen (secondary N) is 2. The summed E-state index contributed by atoms with van der Waals surface area (Å²) >= 11 is 1.19. The van der Waals surface area contributed by atoms with Gasteiger partial charge in [0.2, 0.25) is 0 Å². The van der Waals surface area contributed by atoms with Crippen molar-refractivity contribution in [1.82, 2.24) is 19.5 Å². The minimum absolute atomic E-state index is 0.0531. The normalized spacial score (nSPS) is 11.9. The molecule has 0 atom stereocenters. The average molecular weight is 430 g/mol. The maximum absolute atomic E-state index is 12.0. The first-order valence-electron chi connectivity index (χ1n) is 8.35. The largest absolute Gasteiger partial charge is 0.460 e. The predicted molar refractivity (Wildman–Crippen MR) is 106 cm³/mol. The molecule has 0 aliphatic carbocycles.